The Kier molecular flexibility index (Phi) is 2.35. The number of rotatable bonds is 3. The van der Waals surface area contributed by atoms with Gasteiger partial charge in [0.05, 0.1) is 5.69 Å². The second-order valence-corrected chi connectivity index (χ2v) is 3.65. The van der Waals surface area contributed by atoms with Gasteiger partial charge in [0.2, 0.25) is 0 Å². The first-order chi connectivity index (χ1) is 6.74. The van der Waals surface area contributed by atoms with E-state index in [-0.39, 0.29) is 5.82 Å². The van der Waals surface area contributed by atoms with Gasteiger partial charge in [0.25, 0.3) is 0 Å². The molecule has 0 spiro atoms. The summed E-state index contributed by atoms with van der Waals surface area (Å²) in [4.78, 5) is 9.81. The van der Waals surface area contributed by atoms with Gasteiger partial charge in [-0.2, -0.15) is 0 Å². The van der Waals surface area contributed by atoms with E-state index in [4.69, 9.17) is 0 Å². The molecule has 14 heavy (non-hydrogen) atoms. The first kappa shape index (κ1) is 9.37. The molecule has 0 amide bonds. The normalized spacial score (nSPS) is 15.6. The highest BCUT2D eigenvalue weighted by atomic mass is 19.1. The zero-order chi connectivity index (χ0) is 10.1. The molecule has 1 aliphatic rings. The fraction of sp³-hybridized carbons (Fsp3) is 0.600. The van der Waals surface area contributed by atoms with E-state index in [9.17, 15) is 4.39 Å². The van der Waals surface area contributed by atoms with E-state index in [0.717, 1.165) is 12.8 Å². The van der Waals surface area contributed by atoms with Crippen molar-refractivity contribution in [3.8, 4) is 0 Å². The Morgan fingerprint density at radius 1 is 1.50 bits per heavy atom. The van der Waals surface area contributed by atoms with Crippen LogP contribution in [0, 0.1) is 5.82 Å². The SMILES string of the molecule is CCc1ncnc(N(C)C2CC2)c1F. The maximum atomic E-state index is 13.7. The smallest absolute Gasteiger partial charge is 0.187 e. The molecule has 1 aliphatic carbocycles. The van der Waals surface area contributed by atoms with Crippen LogP contribution >= 0.6 is 0 Å². The minimum atomic E-state index is -0.260. The van der Waals surface area contributed by atoms with Crippen LogP contribution in [0.15, 0.2) is 6.33 Å². The van der Waals surface area contributed by atoms with Crippen molar-refractivity contribution in [2.24, 2.45) is 0 Å². The van der Waals surface area contributed by atoms with Gasteiger partial charge < -0.3 is 4.90 Å². The lowest BCUT2D eigenvalue weighted by Crippen LogP contribution is -2.22. The van der Waals surface area contributed by atoms with Gasteiger partial charge in [-0.1, -0.05) is 6.92 Å². The molecular weight excluding hydrogens is 181 g/mol. The molecule has 1 aromatic rings. The van der Waals surface area contributed by atoms with E-state index in [1.807, 2.05) is 18.9 Å². The lowest BCUT2D eigenvalue weighted by Gasteiger charge is -2.18. The Morgan fingerprint density at radius 2 is 2.21 bits per heavy atom. The molecule has 0 unspecified atom stereocenters. The Hall–Kier alpha value is -1.19. The number of nitrogens with zero attached hydrogens (tertiary/aromatic N) is 3. The predicted octanol–water partition coefficient (Wildman–Crippen LogP) is 1.78. The van der Waals surface area contributed by atoms with E-state index < -0.39 is 0 Å². The van der Waals surface area contributed by atoms with Crippen molar-refractivity contribution in [2.75, 3.05) is 11.9 Å². The van der Waals surface area contributed by atoms with Gasteiger partial charge in [-0.05, 0) is 19.3 Å². The topological polar surface area (TPSA) is 29.0 Å². The van der Waals surface area contributed by atoms with Crippen LogP contribution in [0.3, 0.4) is 0 Å². The number of anilines is 1. The second kappa shape index (κ2) is 3.52. The molecule has 0 bridgehead atoms. The molecule has 0 atom stereocenters. The maximum Gasteiger partial charge on any atom is 0.187 e. The van der Waals surface area contributed by atoms with Crippen molar-refractivity contribution >= 4 is 5.82 Å². The van der Waals surface area contributed by atoms with Crippen molar-refractivity contribution in [1.29, 1.82) is 0 Å². The van der Waals surface area contributed by atoms with Crippen LogP contribution in [-0.4, -0.2) is 23.1 Å². The average molecular weight is 195 g/mol. The monoisotopic (exact) mass is 195 g/mol. The van der Waals surface area contributed by atoms with E-state index in [0.29, 0.717) is 24.0 Å². The van der Waals surface area contributed by atoms with Crippen molar-refractivity contribution in [3.05, 3.63) is 17.8 Å². The summed E-state index contributed by atoms with van der Waals surface area (Å²) >= 11 is 0. The van der Waals surface area contributed by atoms with Crippen LogP contribution in [0.5, 0.6) is 0 Å². The van der Waals surface area contributed by atoms with Crippen LogP contribution in [0.2, 0.25) is 0 Å². The van der Waals surface area contributed by atoms with Crippen LogP contribution in [0.25, 0.3) is 0 Å². The van der Waals surface area contributed by atoms with E-state index in [1.54, 1.807) is 0 Å². The Morgan fingerprint density at radius 3 is 2.79 bits per heavy atom. The average Bonchev–Trinajstić information content (AvgIpc) is 3.00. The first-order valence-electron chi connectivity index (χ1n) is 4.96. The first-order valence-corrected chi connectivity index (χ1v) is 4.96. The van der Waals surface area contributed by atoms with Gasteiger partial charge in [-0.15, -0.1) is 0 Å². The fourth-order valence-electron chi connectivity index (χ4n) is 1.52. The third-order valence-electron chi connectivity index (χ3n) is 2.61. The van der Waals surface area contributed by atoms with Crippen molar-refractivity contribution < 1.29 is 4.39 Å². The van der Waals surface area contributed by atoms with E-state index >= 15 is 0 Å². The highest BCUT2D eigenvalue weighted by Crippen LogP contribution is 2.30. The van der Waals surface area contributed by atoms with Gasteiger partial charge in [0.1, 0.15) is 6.33 Å². The summed E-state index contributed by atoms with van der Waals surface area (Å²) in [5, 5.41) is 0. The molecule has 1 fully saturated rings. The second-order valence-electron chi connectivity index (χ2n) is 3.65. The fourth-order valence-corrected chi connectivity index (χ4v) is 1.52. The Balaban J connectivity index is 2.31. The summed E-state index contributed by atoms with van der Waals surface area (Å²) in [6.45, 7) is 1.90. The highest BCUT2D eigenvalue weighted by Gasteiger charge is 2.29. The molecule has 0 aromatic carbocycles. The molecule has 0 saturated heterocycles. The van der Waals surface area contributed by atoms with Crippen molar-refractivity contribution in [3.63, 3.8) is 0 Å². The van der Waals surface area contributed by atoms with Crippen molar-refractivity contribution in [1.82, 2.24) is 9.97 Å². The summed E-state index contributed by atoms with van der Waals surface area (Å²) < 4.78 is 13.7. The van der Waals surface area contributed by atoms with Gasteiger partial charge >= 0.3 is 0 Å². The molecule has 0 radical (unpaired) electrons. The van der Waals surface area contributed by atoms with Crippen molar-refractivity contribution in [2.45, 2.75) is 32.2 Å². The molecule has 2 rings (SSSR count). The lowest BCUT2D eigenvalue weighted by molar-refractivity contribution is 0.587. The molecule has 0 N–H and O–H groups in total. The number of hydrogen-bond donors (Lipinski definition) is 0. The third kappa shape index (κ3) is 1.56. The number of aryl methyl sites for hydroxylation is 1. The molecule has 76 valence electrons. The number of aromatic nitrogens is 2. The Labute approximate surface area is 83.0 Å². The predicted molar refractivity (Wildman–Crippen MR) is 52.8 cm³/mol. The zero-order valence-corrected chi connectivity index (χ0v) is 8.50. The Bertz CT molecular complexity index is 336. The quantitative estimate of drug-likeness (QED) is 0.736. The summed E-state index contributed by atoms with van der Waals surface area (Å²) in [5.74, 6) is 0.184. The zero-order valence-electron chi connectivity index (χ0n) is 8.50. The summed E-state index contributed by atoms with van der Waals surface area (Å²) in [6.07, 6.45) is 4.33. The van der Waals surface area contributed by atoms with Crippen LogP contribution < -0.4 is 4.90 Å². The molecule has 4 heteroatoms. The van der Waals surface area contributed by atoms with Crippen LogP contribution in [-0.2, 0) is 6.42 Å². The molecule has 1 saturated carbocycles. The third-order valence-corrected chi connectivity index (χ3v) is 2.61. The number of hydrogen-bond acceptors (Lipinski definition) is 3. The molecule has 1 heterocycles. The summed E-state index contributed by atoms with van der Waals surface area (Å²) in [7, 11) is 1.89. The van der Waals surface area contributed by atoms with Gasteiger partial charge in [-0.25, -0.2) is 14.4 Å². The van der Waals surface area contributed by atoms with Gasteiger partial charge in [0, 0.05) is 13.1 Å². The minimum Gasteiger partial charge on any atom is -0.354 e. The van der Waals surface area contributed by atoms with Crippen LogP contribution in [0.4, 0.5) is 10.2 Å². The van der Waals surface area contributed by atoms with E-state index in [2.05, 4.69) is 9.97 Å². The summed E-state index contributed by atoms with van der Waals surface area (Å²) in [6, 6.07) is 0.476. The van der Waals surface area contributed by atoms with Gasteiger partial charge in [0.15, 0.2) is 11.6 Å². The standard InChI is InChI=1S/C10H14FN3/c1-3-8-9(11)10(13-6-12-8)14(2)7-4-5-7/h6-7H,3-5H2,1-2H3. The minimum absolute atomic E-state index is 0.260. The molecule has 1 aromatic heterocycles. The molecule has 0 aliphatic heterocycles. The largest absolute Gasteiger partial charge is 0.354 e. The summed E-state index contributed by atoms with van der Waals surface area (Å²) in [5.41, 5.74) is 0.502. The molecular formula is C10H14FN3. The lowest BCUT2D eigenvalue weighted by atomic mass is 10.3. The van der Waals surface area contributed by atoms with E-state index in [1.165, 1.54) is 6.33 Å². The number of halogens is 1. The van der Waals surface area contributed by atoms with Crippen LogP contribution in [0.1, 0.15) is 25.5 Å². The van der Waals surface area contributed by atoms with Gasteiger partial charge in [-0.3, -0.25) is 0 Å². The maximum absolute atomic E-state index is 13.7. The highest BCUT2D eigenvalue weighted by molar-refractivity contribution is 5.42. The molecule has 3 nitrogen and oxygen atoms in total.